The third kappa shape index (κ3) is 7.59. The largest absolute Gasteiger partial charge is 0.390 e. The van der Waals surface area contributed by atoms with E-state index < -0.39 is 5.60 Å². The molecule has 0 spiro atoms. The van der Waals surface area contributed by atoms with E-state index in [2.05, 4.69) is 83.9 Å². The molecule has 44 heavy (non-hydrogen) atoms. The molecule has 1 N–H and O–H groups in total. The third-order valence-corrected chi connectivity index (χ3v) is 15.1. The van der Waals surface area contributed by atoms with Crippen molar-refractivity contribution in [1.29, 1.82) is 0 Å². The van der Waals surface area contributed by atoms with Gasteiger partial charge in [-0.2, -0.15) is 0 Å². The Morgan fingerprint density at radius 3 is 2.09 bits per heavy atom. The average molecular weight is 649 g/mol. The molecule has 254 valence electrons. The van der Waals surface area contributed by atoms with Gasteiger partial charge in [-0.3, -0.25) is 0 Å². The van der Waals surface area contributed by atoms with Crippen molar-refractivity contribution in [3.05, 3.63) is 24.3 Å². The van der Waals surface area contributed by atoms with Crippen LogP contribution in [-0.4, -0.2) is 29.0 Å². The van der Waals surface area contributed by atoms with Crippen LogP contribution < -0.4 is 0 Å². The first-order chi connectivity index (χ1) is 20.4. The summed E-state index contributed by atoms with van der Waals surface area (Å²) in [6, 6.07) is 0. The van der Waals surface area contributed by atoms with Gasteiger partial charge in [-0.15, -0.1) is 6.58 Å². The SMILES string of the molecule is C/C(=C/COPP)CCC1C(C)(O)CCC2C(C)(C)CCCC21C.C=C[C@]1(C)CCC2C(CCC3C(C)(C)CCCC23C)O1. The molecule has 3 nitrogen and oxygen atoms in total. The van der Waals surface area contributed by atoms with E-state index in [1.54, 1.807) is 0 Å². The van der Waals surface area contributed by atoms with Gasteiger partial charge < -0.3 is 14.4 Å². The lowest BCUT2D eigenvalue weighted by Gasteiger charge is -2.61. The summed E-state index contributed by atoms with van der Waals surface area (Å²) in [7, 11) is 3.10. The summed E-state index contributed by atoms with van der Waals surface area (Å²) < 4.78 is 11.9. The Morgan fingerprint density at radius 1 is 0.864 bits per heavy atom. The predicted molar refractivity (Wildman–Crippen MR) is 194 cm³/mol. The number of allylic oxidation sites excluding steroid dienone is 1. The van der Waals surface area contributed by atoms with Crippen molar-refractivity contribution >= 4 is 17.4 Å². The Bertz CT molecular complexity index is 1020. The molecule has 0 radical (unpaired) electrons. The van der Waals surface area contributed by atoms with Crippen molar-refractivity contribution in [1.82, 2.24) is 0 Å². The van der Waals surface area contributed by atoms with E-state index in [-0.39, 0.29) is 11.0 Å². The molecule has 11 atom stereocenters. The average Bonchev–Trinajstić information content (AvgIpc) is 2.91. The summed E-state index contributed by atoms with van der Waals surface area (Å²) in [6.07, 6.45) is 22.3. The summed E-state index contributed by atoms with van der Waals surface area (Å²) in [4.78, 5) is 0. The molecule has 5 heteroatoms. The van der Waals surface area contributed by atoms with Crippen LogP contribution in [0.5, 0.6) is 0 Å². The molecule has 0 aromatic heterocycles. The maximum atomic E-state index is 11.2. The summed E-state index contributed by atoms with van der Waals surface area (Å²) in [5.74, 6) is 2.81. The summed E-state index contributed by atoms with van der Waals surface area (Å²) in [6.45, 7) is 26.2. The highest BCUT2D eigenvalue weighted by molar-refractivity contribution is 8.00. The van der Waals surface area contributed by atoms with Gasteiger partial charge >= 0.3 is 0 Å². The van der Waals surface area contributed by atoms with Crippen LogP contribution in [0.3, 0.4) is 0 Å². The lowest BCUT2D eigenvalue weighted by molar-refractivity contribution is -0.202. The number of ether oxygens (including phenoxy) is 1. The van der Waals surface area contributed by atoms with Crippen LogP contribution in [-0.2, 0) is 9.26 Å². The molecule has 5 rings (SSSR count). The van der Waals surface area contributed by atoms with Crippen LogP contribution in [0.2, 0.25) is 0 Å². The second kappa shape index (κ2) is 14.0. The molecule has 5 fully saturated rings. The first-order valence-corrected chi connectivity index (χ1v) is 20.9. The molecule has 5 aliphatic rings. The van der Waals surface area contributed by atoms with E-state index in [1.165, 1.54) is 69.8 Å². The van der Waals surface area contributed by atoms with E-state index in [0.29, 0.717) is 43.4 Å². The van der Waals surface area contributed by atoms with Crippen molar-refractivity contribution in [3.8, 4) is 0 Å². The Hall–Kier alpha value is 0.220. The predicted octanol–water partition coefficient (Wildman–Crippen LogP) is 11.5. The Kier molecular flexibility index (Phi) is 11.8. The summed E-state index contributed by atoms with van der Waals surface area (Å²) in [5.41, 5.74) is 2.53. The molecular weight excluding hydrogens is 578 g/mol. The summed E-state index contributed by atoms with van der Waals surface area (Å²) >= 11 is 0. The van der Waals surface area contributed by atoms with Crippen LogP contribution >= 0.6 is 17.4 Å². The molecule has 1 saturated heterocycles. The zero-order chi connectivity index (χ0) is 32.6. The fourth-order valence-electron chi connectivity index (χ4n) is 11.9. The molecule has 0 aromatic carbocycles. The number of fused-ring (bicyclic) bond motifs is 4. The van der Waals surface area contributed by atoms with Gasteiger partial charge in [0.25, 0.3) is 0 Å². The minimum atomic E-state index is -0.517. The molecule has 0 amide bonds. The highest BCUT2D eigenvalue weighted by Crippen LogP contribution is 2.64. The number of rotatable bonds is 7. The highest BCUT2D eigenvalue weighted by Gasteiger charge is 2.58. The molecule has 0 bridgehead atoms. The first kappa shape index (κ1) is 37.0. The Labute approximate surface area is 276 Å². The maximum Gasteiger partial charge on any atom is 0.0835 e. The maximum absolute atomic E-state index is 11.2. The van der Waals surface area contributed by atoms with Crippen LogP contribution in [0.25, 0.3) is 0 Å². The molecule has 4 aliphatic carbocycles. The van der Waals surface area contributed by atoms with Crippen LogP contribution in [0.4, 0.5) is 0 Å². The smallest absolute Gasteiger partial charge is 0.0835 e. The molecule has 1 aliphatic heterocycles. The fraction of sp³-hybridized carbons (Fsp3) is 0.897. The van der Waals surface area contributed by atoms with Crippen molar-refractivity contribution < 1.29 is 14.4 Å². The number of hydrogen-bond acceptors (Lipinski definition) is 3. The summed E-state index contributed by atoms with van der Waals surface area (Å²) in [5, 5.41) is 11.2. The molecule has 4 saturated carbocycles. The lowest BCUT2D eigenvalue weighted by Crippen LogP contribution is -2.57. The lowest BCUT2D eigenvalue weighted by atomic mass is 9.45. The normalized spacial score (nSPS) is 45.0. The zero-order valence-corrected chi connectivity index (χ0v) is 32.4. The minimum Gasteiger partial charge on any atom is -0.390 e. The second-order valence-corrected chi connectivity index (χ2v) is 19.4. The van der Waals surface area contributed by atoms with Crippen molar-refractivity contribution in [3.63, 3.8) is 0 Å². The van der Waals surface area contributed by atoms with E-state index in [1.807, 2.05) is 6.08 Å². The monoisotopic (exact) mass is 648 g/mol. The van der Waals surface area contributed by atoms with Gasteiger partial charge in [-0.1, -0.05) is 81.0 Å². The highest BCUT2D eigenvalue weighted by atomic mass is 32.0. The van der Waals surface area contributed by atoms with Gasteiger partial charge in [0.05, 0.1) is 23.9 Å². The minimum absolute atomic E-state index is 0.0749. The Morgan fingerprint density at radius 2 is 1.48 bits per heavy atom. The van der Waals surface area contributed by atoms with E-state index in [9.17, 15) is 5.11 Å². The van der Waals surface area contributed by atoms with Crippen LogP contribution in [0.15, 0.2) is 24.3 Å². The third-order valence-electron chi connectivity index (χ3n) is 14.3. The topological polar surface area (TPSA) is 38.7 Å². The first-order valence-electron chi connectivity index (χ1n) is 18.2. The fourth-order valence-corrected chi connectivity index (χ4v) is 12.4. The standard InChI is InChI=1S/C20H38O2P2.C19H32O/c1-15(10-14-22-24-23)7-8-17-19(4)12-6-11-18(2,3)16(19)9-13-20(17,5)21;1-6-18(4)13-10-14-15(20-18)8-9-16-17(2,3)11-7-12-19(14,16)5/h10,16-17,21,24H,6-9,11-14,23H2,1-5H3;6,14-16H,1,7-13H2,2-5H3/b15-10-;/t;14?,15?,16?,18-,19?/m.1/s1. The van der Waals surface area contributed by atoms with Gasteiger partial charge in [0.1, 0.15) is 0 Å². The van der Waals surface area contributed by atoms with E-state index in [0.717, 1.165) is 43.4 Å². The Balaban J connectivity index is 0.000000204. The van der Waals surface area contributed by atoms with Crippen LogP contribution in [0, 0.1) is 45.3 Å². The number of hydrogen-bond donors (Lipinski definition) is 1. The van der Waals surface area contributed by atoms with Gasteiger partial charge in [0.2, 0.25) is 0 Å². The van der Waals surface area contributed by atoms with Gasteiger partial charge in [-0.25, -0.2) is 0 Å². The zero-order valence-electron chi connectivity index (χ0n) is 30.2. The van der Waals surface area contributed by atoms with E-state index in [4.69, 9.17) is 9.26 Å². The molecule has 0 aromatic rings. The quantitative estimate of drug-likeness (QED) is 0.170. The van der Waals surface area contributed by atoms with Crippen LogP contribution in [0.1, 0.15) is 152 Å². The van der Waals surface area contributed by atoms with Gasteiger partial charge in [0, 0.05) is 8.50 Å². The van der Waals surface area contributed by atoms with E-state index >= 15 is 0 Å². The second-order valence-electron chi connectivity index (χ2n) is 18.2. The molecule has 1 heterocycles. The van der Waals surface area contributed by atoms with Gasteiger partial charge in [0.15, 0.2) is 0 Å². The molecule has 10 unspecified atom stereocenters. The van der Waals surface area contributed by atoms with Crippen molar-refractivity contribution in [2.45, 2.75) is 170 Å². The number of aliphatic hydroxyl groups is 1. The van der Waals surface area contributed by atoms with Crippen molar-refractivity contribution in [2.24, 2.45) is 45.3 Å². The van der Waals surface area contributed by atoms with Crippen molar-refractivity contribution in [2.75, 3.05) is 6.61 Å². The van der Waals surface area contributed by atoms with Gasteiger partial charge in [-0.05, 0) is 143 Å². The molecular formula is C39H70O3P2.